The van der Waals surface area contributed by atoms with Crippen molar-refractivity contribution in [1.29, 1.82) is 0 Å². The summed E-state index contributed by atoms with van der Waals surface area (Å²) in [6, 6.07) is 18.8. The Morgan fingerprint density at radius 3 is 1.46 bits per heavy atom. The number of rotatable bonds is 7. The molecule has 0 spiro atoms. The minimum absolute atomic E-state index is 0.0481. The molecule has 3 N–H and O–H groups in total. The number of aromatic hydroxyl groups is 3. The molecule has 0 atom stereocenters. The van der Waals surface area contributed by atoms with Crippen molar-refractivity contribution in [2.75, 3.05) is 0 Å². The number of aryl methyl sites for hydroxylation is 2. The lowest BCUT2D eigenvalue weighted by Gasteiger charge is -2.21. The molecule has 3 heteroatoms. The molecule has 0 amide bonds. The average molecular weight is 376 g/mol. The molecule has 0 unspecified atom stereocenters. The van der Waals surface area contributed by atoms with Crippen molar-refractivity contribution in [3.05, 3.63) is 88.5 Å². The first-order valence-electron chi connectivity index (χ1n) is 9.96. The van der Waals surface area contributed by atoms with E-state index in [4.69, 9.17) is 0 Å². The Bertz CT molecular complexity index is 874. The van der Waals surface area contributed by atoms with Crippen LogP contribution >= 0.6 is 0 Å². The van der Waals surface area contributed by atoms with E-state index in [2.05, 4.69) is 26.0 Å². The molecule has 0 aromatic heterocycles. The van der Waals surface area contributed by atoms with Crippen LogP contribution in [0.5, 0.6) is 17.2 Å². The topological polar surface area (TPSA) is 60.7 Å². The molecule has 0 heterocycles. The third-order valence-electron chi connectivity index (χ3n) is 5.14. The van der Waals surface area contributed by atoms with Crippen LogP contribution in [-0.4, -0.2) is 15.3 Å². The smallest absolute Gasteiger partial charge is 0.118 e. The van der Waals surface area contributed by atoms with Crippen LogP contribution < -0.4 is 0 Å². The second-order valence-corrected chi connectivity index (χ2v) is 7.30. The predicted molar refractivity (Wildman–Crippen MR) is 113 cm³/mol. The van der Waals surface area contributed by atoms with Gasteiger partial charge in [0.25, 0.3) is 0 Å². The fraction of sp³-hybridized carbons (Fsp3) is 0.280. The lowest BCUT2D eigenvalue weighted by Crippen LogP contribution is -2.05. The van der Waals surface area contributed by atoms with Gasteiger partial charge in [0, 0.05) is 5.92 Å². The fourth-order valence-electron chi connectivity index (χ4n) is 3.75. The average Bonchev–Trinajstić information content (AvgIpc) is 2.69. The van der Waals surface area contributed by atoms with Gasteiger partial charge in [0.05, 0.1) is 0 Å². The zero-order valence-corrected chi connectivity index (χ0v) is 16.5. The van der Waals surface area contributed by atoms with Crippen molar-refractivity contribution in [2.45, 2.75) is 45.4 Å². The first-order chi connectivity index (χ1) is 13.5. The largest absolute Gasteiger partial charge is 0.508 e. The molecule has 0 radical (unpaired) electrons. The van der Waals surface area contributed by atoms with Gasteiger partial charge in [-0.3, -0.25) is 0 Å². The zero-order valence-electron chi connectivity index (χ0n) is 16.5. The molecular weight excluding hydrogens is 348 g/mol. The minimum atomic E-state index is -0.0481. The highest BCUT2D eigenvalue weighted by Crippen LogP contribution is 2.37. The molecule has 28 heavy (non-hydrogen) atoms. The van der Waals surface area contributed by atoms with E-state index in [-0.39, 0.29) is 11.7 Å². The Morgan fingerprint density at radius 2 is 1.04 bits per heavy atom. The number of benzene rings is 3. The maximum absolute atomic E-state index is 10.2. The Hall–Kier alpha value is -2.94. The fourth-order valence-corrected chi connectivity index (χ4v) is 3.75. The van der Waals surface area contributed by atoms with Crippen LogP contribution in [0.15, 0.2) is 60.7 Å². The second-order valence-electron chi connectivity index (χ2n) is 7.30. The van der Waals surface area contributed by atoms with Crippen LogP contribution in [-0.2, 0) is 12.8 Å². The molecule has 0 aliphatic carbocycles. The summed E-state index contributed by atoms with van der Waals surface area (Å²) >= 11 is 0. The number of phenols is 3. The van der Waals surface area contributed by atoms with E-state index in [1.54, 1.807) is 24.3 Å². The van der Waals surface area contributed by atoms with E-state index in [1.165, 1.54) is 0 Å². The first-order valence-corrected chi connectivity index (χ1v) is 9.96. The van der Waals surface area contributed by atoms with Crippen molar-refractivity contribution >= 4 is 0 Å². The van der Waals surface area contributed by atoms with Gasteiger partial charge in [0.1, 0.15) is 17.2 Å². The van der Waals surface area contributed by atoms with Gasteiger partial charge in [-0.25, -0.2) is 0 Å². The predicted octanol–water partition coefficient (Wildman–Crippen LogP) is 5.89. The second kappa shape index (κ2) is 8.83. The summed E-state index contributed by atoms with van der Waals surface area (Å²) in [5, 5.41) is 30.1. The molecule has 146 valence electrons. The first kappa shape index (κ1) is 19.8. The number of hydrogen-bond donors (Lipinski definition) is 3. The molecule has 0 saturated carbocycles. The molecule has 3 aromatic carbocycles. The monoisotopic (exact) mass is 376 g/mol. The van der Waals surface area contributed by atoms with Crippen LogP contribution in [0.2, 0.25) is 0 Å². The van der Waals surface area contributed by atoms with Gasteiger partial charge in [0.2, 0.25) is 0 Å². The Balaban J connectivity index is 2.15. The van der Waals surface area contributed by atoms with Crippen molar-refractivity contribution in [2.24, 2.45) is 0 Å². The van der Waals surface area contributed by atoms with Gasteiger partial charge >= 0.3 is 0 Å². The van der Waals surface area contributed by atoms with Gasteiger partial charge in [-0.15, -0.1) is 0 Å². The maximum atomic E-state index is 10.2. The molecule has 3 nitrogen and oxygen atoms in total. The van der Waals surface area contributed by atoms with Gasteiger partial charge in [0.15, 0.2) is 0 Å². The summed E-state index contributed by atoms with van der Waals surface area (Å²) in [6.45, 7) is 4.20. The molecule has 0 bridgehead atoms. The van der Waals surface area contributed by atoms with E-state index in [9.17, 15) is 15.3 Å². The zero-order chi connectivity index (χ0) is 20.1. The third kappa shape index (κ3) is 4.30. The van der Waals surface area contributed by atoms with Crippen LogP contribution in [0.4, 0.5) is 0 Å². The maximum Gasteiger partial charge on any atom is 0.118 e. The molecule has 0 aliphatic heterocycles. The van der Waals surface area contributed by atoms with Crippen LogP contribution in [0.1, 0.15) is 60.4 Å². The van der Waals surface area contributed by atoms with E-state index < -0.39 is 0 Å². The summed E-state index contributed by atoms with van der Waals surface area (Å²) in [4.78, 5) is 0. The van der Waals surface area contributed by atoms with Crippen molar-refractivity contribution in [3.63, 3.8) is 0 Å². The van der Waals surface area contributed by atoms with Crippen LogP contribution in [0, 0.1) is 0 Å². The molecule has 3 rings (SSSR count). The van der Waals surface area contributed by atoms with Crippen LogP contribution in [0.3, 0.4) is 0 Å². The highest BCUT2D eigenvalue weighted by Gasteiger charge is 2.19. The summed E-state index contributed by atoms with van der Waals surface area (Å²) in [6.07, 6.45) is 3.55. The highest BCUT2D eigenvalue weighted by atomic mass is 16.3. The van der Waals surface area contributed by atoms with Crippen molar-refractivity contribution in [3.8, 4) is 17.2 Å². The molecular formula is C25H28O3. The van der Waals surface area contributed by atoms with Crippen molar-refractivity contribution < 1.29 is 15.3 Å². The number of hydrogen-bond acceptors (Lipinski definition) is 3. The Kier molecular flexibility index (Phi) is 6.25. The van der Waals surface area contributed by atoms with Gasteiger partial charge < -0.3 is 15.3 Å². The van der Waals surface area contributed by atoms with E-state index in [1.807, 2.05) is 24.3 Å². The Morgan fingerprint density at radius 1 is 0.607 bits per heavy atom. The summed E-state index contributed by atoms with van der Waals surface area (Å²) in [5.41, 5.74) is 5.10. The minimum Gasteiger partial charge on any atom is -0.508 e. The van der Waals surface area contributed by atoms with E-state index in [0.29, 0.717) is 11.5 Å². The summed E-state index contributed by atoms with van der Waals surface area (Å²) in [7, 11) is 0. The lowest BCUT2D eigenvalue weighted by molar-refractivity contribution is 0.467. The van der Waals surface area contributed by atoms with Gasteiger partial charge in [-0.1, -0.05) is 63.1 Å². The van der Waals surface area contributed by atoms with Crippen LogP contribution in [0.25, 0.3) is 0 Å². The van der Waals surface area contributed by atoms with Crippen molar-refractivity contribution in [1.82, 2.24) is 0 Å². The summed E-state index contributed by atoms with van der Waals surface area (Å²) in [5.74, 6) is 0.838. The quantitative estimate of drug-likeness (QED) is 0.451. The third-order valence-corrected chi connectivity index (χ3v) is 5.14. The Labute approximate surface area is 166 Å². The SMILES string of the molecule is CCCc1cc(C(c2ccc(O)cc2)c2ccc(O)c(CCC)c2)ccc1O. The lowest BCUT2D eigenvalue weighted by atomic mass is 9.83. The van der Waals surface area contributed by atoms with Gasteiger partial charge in [-0.05, 0) is 64.9 Å². The standard InChI is InChI=1S/C25H28O3/c1-3-5-18-15-20(9-13-23(18)27)25(17-7-11-22(26)12-8-17)21-10-14-24(28)19(16-21)6-4-2/h7-16,25-28H,3-6H2,1-2H3. The van der Waals surface area contributed by atoms with Gasteiger partial charge in [-0.2, -0.15) is 0 Å². The molecule has 3 aromatic rings. The van der Waals surface area contributed by atoms with E-state index >= 15 is 0 Å². The highest BCUT2D eigenvalue weighted by molar-refractivity contribution is 5.50. The molecule has 0 saturated heterocycles. The summed E-state index contributed by atoms with van der Waals surface area (Å²) < 4.78 is 0. The van der Waals surface area contributed by atoms with E-state index in [0.717, 1.165) is 53.5 Å². The normalized spacial score (nSPS) is 11.1. The molecule has 0 aliphatic rings. The molecule has 0 fully saturated rings. The number of phenolic OH excluding ortho intramolecular Hbond substituents is 3.